The maximum absolute atomic E-state index is 12.7. The molecule has 0 atom stereocenters. The highest BCUT2D eigenvalue weighted by Gasteiger charge is 2.26. The van der Waals surface area contributed by atoms with E-state index in [1.54, 1.807) is 48.8 Å². The van der Waals surface area contributed by atoms with Crippen molar-refractivity contribution in [3.63, 3.8) is 0 Å². The quantitative estimate of drug-likeness (QED) is 0.516. The fourth-order valence-electron chi connectivity index (χ4n) is 3.64. The topological polar surface area (TPSA) is 125 Å². The van der Waals surface area contributed by atoms with E-state index in [1.165, 1.54) is 0 Å². The van der Waals surface area contributed by atoms with Crippen molar-refractivity contribution in [2.24, 2.45) is 5.92 Å². The number of carbonyl (C=O) groups is 2. The fraction of sp³-hybridized carbons (Fsp3) is 0.375. The van der Waals surface area contributed by atoms with Crippen LogP contribution in [0.25, 0.3) is 0 Å². The van der Waals surface area contributed by atoms with E-state index in [0.717, 1.165) is 25.9 Å². The zero-order valence-electron chi connectivity index (χ0n) is 19.5. The van der Waals surface area contributed by atoms with E-state index in [2.05, 4.69) is 36.0 Å². The molecule has 3 heterocycles. The monoisotopic (exact) mass is 463 g/mol. The lowest BCUT2D eigenvalue weighted by Gasteiger charge is -2.31. The molecule has 1 fully saturated rings. The maximum Gasteiger partial charge on any atom is 0.324 e. The third-order valence-corrected chi connectivity index (χ3v) is 5.60. The van der Waals surface area contributed by atoms with Gasteiger partial charge >= 0.3 is 6.03 Å². The molecular weight excluding hydrogens is 434 g/mol. The van der Waals surface area contributed by atoms with Crippen molar-refractivity contribution in [1.29, 1.82) is 0 Å². The number of piperidine rings is 1. The molecule has 10 nitrogen and oxygen atoms in total. The van der Waals surface area contributed by atoms with Gasteiger partial charge in [-0.1, -0.05) is 25.9 Å². The number of nitrogens with zero attached hydrogens (tertiary/aromatic N) is 4. The summed E-state index contributed by atoms with van der Waals surface area (Å²) in [5, 5.41) is 12.2. The van der Waals surface area contributed by atoms with Crippen LogP contribution < -0.4 is 20.9 Å². The first-order valence-corrected chi connectivity index (χ1v) is 11.3. The Labute approximate surface area is 198 Å². The van der Waals surface area contributed by atoms with Crippen molar-refractivity contribution in [2.75, 3.05) is 33.9 Å². The zero-order chi connectivity index (χ0) is 24.1. The van der Waals surface area contributed by atoms with E-state index in [1.807, 2.05) is 20.8 Å². The van der Waals surface area contributed by atoms with Gasteiger partial charge in [-0.3, -0.25) is 10.1 Å². The molecule has 0 spiro atoms. The van der Waals surface area contributed by atoms with Crippen molar-refractivity contribution < 1.29 is 14.1 Å². The van der Waals surface area contributed by atoms with Crippen LogP contribution in [-0.2, 0) is 10.2 Å². The first-order valence-electron chi connectivity index (χ1n) is 11.3. The third-order valence-electron chi connectivity index (χ3n) is 5.60. The van der Waals surface area contributed by atoms with Crippen molar-refractivity contribution in [3.05, 3.63) is 54.6 Å². The number of rotatable bonds is 5. The Morgan fingerprint density at radius 1 is 0.971 bits per heavy atom. The Morgan fingerprint density at radius 2 is 1.59 bits per heavy atom. The molecule has 0 bridgehead atoms. The number of aromatic nitrogens is 3. The van der Waals surface area contributed by atoms with Gasteiger partial charge in [0.05, 0.1) is 0 Å². The highest BCUT2D eigenvalue weighted by molar-refractivity contribution is 5.99. The van der Waals surface area contributed by atoms with Crippen LogP contribution in [0.1, 0.15) is 39.4 Å². The molecule has 1 saturated heterocycles. The smallest absolute Gasteiger partial charge is 0.324 e. The summed E-state index contributed by atoms with van der Waals surface area (Å²) in [5.74, 6) is 1.65. The van der Waals surface area contributed by atoms with Crippen LogP contribution in [0.3, 0.4) is 0 Å². The number of hydrogen-bond donors (Lipinski definition) is 3. The fourth-order valence-corrected chi connectivity index (χ4v) is 3.64. The van der Waals surface area contributed by atoms with Gasteiger partial charge in [-0.2, -0.15) is 0 Å². The third kappa shape index (κ3) is 5.89. The molecule has 10 heteroatoms. The van der Waals surface area contributed by atoms with Crippen molar-refractivity contribution in [2.45, 2.75) is 39.0 Å². The van der Waals surface area contributed by atoms with E-state index >= 15 is 0 Å². The average Bonchev–Trinajstić information content (AvgIpc) is 3.30. The Hall–Kier alpha value is -3.95. The van der Waals surface area contributed by atoms with E-state index in [0.29, 0.717) is 28.9 Å². The van der Waals surface area contributed by atoms with Gasteiger partial charge in [0, 0.05) is 54.3 Å². The molecule has 2 aromatic heterocycles. The normalized spacial score (nSPS) is 14.5. The van der Waals surface area contributed by atoms with Gasteiger partial charge in [-0.15, -0.1) is 0 Å². The number of benzene rings is 1. The molecule has 3 amide bonds. The molecule has 34 heavy (non-hydrogen) atoms. The lowest BCUT2D eigenvalue weighted by molar-refractivity contribution is -0.120. The molecule has 0 radical (unpaired) electrons. The first kappa shape index (κ1) is 23.2. The minimum absolute atomic E-state index is 0.00670. The molecular formula is C24H29N7O3. The summed E-state index contributed by atoms with van der Waals surface area (Å²) in [4.78, 5) is 35.6. The van der Waals surface area contributed by atoms with Crippen molar-refractivity contribution >= 4 is 35.1 Å². The number of amides is 3. The van der Waals surface area contributed by atoms with Crippen LogP contribution in [0.15, 0.2) is 53.3 Å². The van der Waals surface area contributed by atoms with E-state index in [4.69, 9.17) is 4.52 Å². The van der Waals surface area contributed by atoms with Crippen molar-refractivity contribution in [3.8, 4) is 0 Å². The molecule has 0 saturated carbocycles. The van der Waals surface area contributed by atoms with Crippen LogP contribution in [0.4, 0.5) is 27.9 Å². The molecule has 4 rings (SSSR count). The number of nitrogens with one attached hydrogen (secondary N) is 3. The summed E-state index contributed by atoms with van der Waals surface area (Å²) in [5.41, 5.74) is 1.07. The van der Waals surface area contributed by atoms with Gasteiger partial charge in [0.1, 0.15) is 5.76 Å². The lowest BCUT2D eigenvalue weighted by atomic mass is 9.93. The minimum atomic E-state index is -0.431. The summed E-state index contributed by atoms with van der Waals surface area (Å²) in [7, 11) is 0. The second-order valence-corrected chi connectivity index (χ2v) is 9.28. The minimum Gasteiger partial charge on any atom is -0.359 e. The molecule has 1 aliphatic heterocycles. The summed E-state index contributed by atoms with van der Waals surface area (Å²) in [6, 6.07) is 10.0. The largest absolute Gasteiger partial charge is 0.359 e. The second kappa shape index (κ2) is 9.90. The first-order chi connectivity index (χ1) is 16.3. The highest BCUT2D eigenvalue weighted by atomic mass is 16.5. The van der Waals surface area contributed by atoms with Crippen LogP contribution >= 0.6 is 0 Å². The van der Waals surface area contributed by atoms with Gasteiger partial charge in [-0.25, -0.2) is 14.8 Å². The molecule has 3 N–H and O–H groups in total. The predicted octanol–water partition coefficient (Wildman–Crippen LogP) is 4.26. The van der Waals surface area contributed by atoms with Gasteiger partial charge in [-0.05, 0) is 43.2 Å². The summed E-state index contributed by atoms with van der Waals surface area (Å²) in [6.45, 7) is 7.48. The molecule has 1 aliphatic rings. The Morgan fingerprint density at radius 3 is 2.18 bits per heavy atom. The molecule has 3 aromatic rings. The molecule has 0 aliphatic carbocycles. The molecule has 0 unspecified atom stereocenters. The zero-order valence-corrected chi connectivity index (χ0v) is 19.5. The standard InChI is InChI=1S/C24H29N7O3/c1-24(2,3)19-15-20(30-34-19)29-23(33)28-18-7-5-17(6-8-18)27-21(32)16-9-13-31(14-10-16)22-25-11-4-12-26-22/h4-8,11-12,15-16H,9-10,13-14H2,1-3H3,(H,27,32)(H2,28,29,30,33). The Balaban J connectivity index is 1.24. The SMILES string of the molecule is CC(C)(C)c1cc(NC(=O)Nc2ccc(NC(=O)C3CCN(c4ncccn4)CC3)cc2)no1. The predicted molar refractivity (Wildman–Crippen MR) is 130 cm³/mol. The molecule has 178 valence electrons. The number of hydrogen-bond acceptors (Lipinski definition) is 7. The number of anilines is 4. The van der Waals surface area contributed by atoms with E-state index in [9.17, 15) is 9.59 Å². The van der Waals surface area contributed by atoms with Gasteiger partial charge in [0.15, 0.2) is 5.82 Å². The van der Waals surface area contributed by atoms with Crippen LogP contribution in [0.2, 0.25) is 0 Å². The lowest BCUT2D eigenvalue weighted by Crippen LogP contribution is -2.39. The summed E-state index contributed by atoms with van der Waals surface area (Å²) in [6.07, 6.45) is 4.92. The highest BCUT2D eigenvalue weighted by Crippen LogP contribution is 2.25. The number of urea groups is 1. The average molecular weight is 464 g/mol. The summed E-state index contributed by atoms with van der Waals surface area (Å²) < 4.78 is 5.27. The van der Waals surface area contributed by atoms with Crippen LogP contribution in [0, 0.1) is 5.92 Å². The van der Waals surface area contributed by atoms with Gasteiger partial charge < -0.3 is 20.1 Å². The Kier molecular flexibility index (Phi) is 6.76. The second-order valence-electron chi connectivity index (χ2n) is 9.28. The maximum atomic E-state index is 12.7. The van der Waals surface area contributed by atoms with Crippen LogP contribution in [0.5, 0.6) is 0 Å². The Bertz CT molecular complexity index is 1120. The van der Waals surface area contributed by atoms with E-state index < -0.39 is 6.03 Å². The number of carbonyl (C=O) groups excluding carboxylic acids is 2. The van der Waals surface area contributed by atoms with Gasteiger partial charge in [0.2, 0.25) is 11.9 Å². The van der Waals surface area contributed by atoms with Crippen LogP contribution in [-0.4, -0.2) is 40.2 Å². The van der Waals surface area contributed by atoms with E-state index in [-0.39, 0.29) is 17.2 Å². The van der Waals surface area contributed by atoms with Gasteiger partial charge in [0.25, 0.3) is 0 Å². The van der Waals surface area contributed by atoms with Crippen molar-refractivity contribution in [1.82, 2.24) is 15.1 Å². The summed E-state index contributed by atoms with van der Waals surface area (Å²) >= 11 is 0. The molecule has 1 aromatic carbocycles.